The molecule has 0 bridgehead atoms. The number of nitrogens with one attached hydrogen (secondary N) is 2. The Labute approximate surface area is 176 Å². The van der Waals surface area contributed by atoms with Crippen LogP contribution in [0.3, 0.4) is 0 Å². The van der Waals surface area contributed by atoms with Gasteiger partial charge in [-0.2, -0.15) is 0 Å². The van der Waals surface area contributed by atoms with Crippen LogP contribution >= 0.6 is 0 Å². The molecule has 1 aromatic carbocycles. The SMILES string of the molecule is Cc1occc1C(=O)NC(CC(C)(C)c1ccccc1)C(=O)N[C@@H]1C(=O)CO[C@H]1C. The molecule has 2 amide bonds. The highest BCUT2D eigenvalue weighted by atomic mass is 16.5. The first-order valence-corrected chi connectivity index (χ1v) is 10.0. The van der Waals surface area contributed by atoms with Crippen molar-refractivity contribution in [3.05, 3.63) is 59.5 Å². The summed E-state index contributed by atoms with van der Waals surface area (Å²) in [4.78, 5) is 38.0. The molecule has 1 aromatic heterocycles. The van der Waals surface area contributed by atoms with Crippen molar-refractivity contribution >= 4 is 17.6 Å². The van der Waals surface area contributed by atoms with Gasteiger partial charge in [0.15, 0.2) is 5.78 Å². The van der Waals surface area contributed by atoms with Gasteiger partial charge in [0.2, 0.25) is 5.91 Å². The molecule has 2 aromatic rings. The van der Waals surface area contributed by atoms with Crippen molar-refractivity contribution in [2.45, 2.75) is 57.7 Å². The molecule has 7 heteroatoms. The molecule has 0 radical (unpaired) electrons. The topological polar surface area (TPSA) is 97.6 Å². The summed E-state index contributed by atoms with van der Waals surface area (Å²) >= 11 is 0. The molecule has 3 atom stereocenters. The maximum Gasteiger partial charge on any atom is 0.255 e. The number of aryl methyl sites for hydroxylation is 1. The summed E-state index contributed by atoms with van der Waals surface area (Å²) in [6.45, 7) is 7.45. The van der Waals surface area contributed by atoms with Crippen LogP contribution in [-0.4, -0.2) is 42.4 Å². The lowest BCUT2D eigenvalue weighted by molar-refractivity contribution is -0.127. The van der Waals surface area contributed by atoms with Crippen molar-refractivity contribution in [2.75, 3.05) is 6.61 Å². The number of ketones is 1. The second kappa shape index (κ2) is 8.83. The Bertz CT molecular complexity index is 919. The maximum atomic E-state index is 13.1. The number of hydrogen-bond donors (Lipinski definition) is 2. The van der Waals surface area contributed by atoms with Gasteiger partial charge >= 0.3 is 0 Å². The fraction of sp³-hybridized carbons (Fsp3) is 0.435. The minimum atomic E-state index is -0.845. The van der Waals surface area contributed by atoms with E-state index >= 15 is 0 Å². The van der Waals surface area contributed by atoms with Crippen LogP contribution in [0.15, 0.2) is 47.1 Å². The summed E-state index contributed by atoms with van der Waals surface area (Å²) in [6.07, 6.45) is 1.38. The van der Waals surface area contributed by atoms with E-state index in [1.165, 1.54) is 6.26 Å². The third-order valence-electron chi connectivity index (χ3n) is 5.60. The van der Waals surface area contributed by atoms with Gasteiger partial charge < -0.3 is 19.8 Å². The third kappa shape index (κ3) is 4.79. The number of amides is 2. The average molecular weight is 412 g/mol. The van der Waals surface area contributed by atoms with Gasteiger partial charge in [-0.3, -0.25) is 14.4 Å². The molecular formula is C23H28N2O5. The first-order chi connectivity index (χ1) is 14.2. The Morgan fingerprint density at radius 2 is 1.90 bits per heavy atom. The molecule has 1 aliphatic heterocycles. The van der Waals surface area contributed by atoms with Crippen molar-refractivity contribution in [1.82, 2.24) is 10.6 Å². The van der Waals surface area contributed by atoms with E-state index in [1.54, 1.807) is 19.9 Å². The summed E-state index contributed by atoms with van der Waals surface area (Å²) in [5.74, 6) is -0.507. The molecule has 0 spiro atoms. The largest absolute Gasteiger partial charge is 0.469 e. The standard InChI is InChI=1S/C23H28N2O5/c1-14-17(10-11-29-14)21(27)24-18(12-23(3,4)16-8-6-5-7-9-16)22(28)25-20-15(2)30-13-19(20)26/h5-11,15,18,20H,12-13H2,1-4H3,(H,24,27)(H,25,28)/t15-,18?,20-/m0/s1. The number of carbonyl (C=O) groups excluding carboxylic acids is 3. The van der Waals surface area contributed by atoms with Gasteiger partial charge in [0, 0.05) is 0 Å². The van der Waals surface area contributed by atoms with Crippen LogP contribution in [0.1, 0.15) is 48.9 Å². The molecule has 3 rings (SSSR count). The number of furan rings is 1. The van der Waals surface area contributed by atoms with Gasteiger partial charge in [0.1, 0.15) is 24.5 Å². The Hall–Kier alpha value is -2.93. The van der Waals surface area contributed by atoms with Crippen LogP contribution < -0.4 is 10.6 Å². The van der Waals surface area contributed by atoms with Gasteiger partial charge in [0.05, 0.1) is 17.9 Å². The first kappa shape index (κ1) is 21.8. The number of ether oxygens (including phenoxy) is 1. The van der Waals surface area contributed by atoms with Crippen LogP contribution in [0.25, 0.3) is 0 Å². The minimum Gasteiger partial charge on any atom is -0.469 e. The van der Waals surface area contributed by atoms with Gasteiger partial charge in [-0.05, 0) is 37.3 Å². The zero-order valence-corrected chi connectivity index (χ0v) is 17.7. The third-order valence-corrected chi connectivity index (χ3v) is 5.60. The molecule has 0 saturated carbocycles. The number of hydrogen-bond acceptors (Lipinski definition) is 5. The maximum absolute atomic E-state index is 13.1. The van der Waals surface area contributed by atoms with E-state index in [0.29, 0.717) is 17.7 Å². The van der Waals surface area contributed by atoms with Crippen LogP contribution in [0.2, 0.25) is 0 Å². The Morgan fingerprint density at radius 3 is 2.47 bits per heavy atom. The summed E-state index contributed by atoms with van der Waals surface area (Å²) in [7, 11) is 0. The normalized spacial score (nSPS) is 20.1. The molecule has 1 aliphatic rings. The summed E-state index contributed by atoms with van der Waals surface area (Å²) in [5.41, 5.74) is 1.02. The second-order valence-electron chi connectivity index (χ2n) is 8.34. The fourth-order valence-electron chi connectivity index (χ4n) is 3.70. The number of benzene rings is 1. The molecule has 1 unspecified atom stereocenters. The van der Waals surface area contributed by atoms with Crippen molar-refractivity contribution in [3.63, 3.8) is 0 Å². The Kier molecular flexibility index (Phi) is 6.41. The van der Waals surface area contributed by atoms with Crippen LogP contribution in [0, 0.1) is 6.92 Å². The molecule has 2 N–H and O–H groups in total. The quantitative estimate of drug-likeness (QED) is 0.728. The second-order valence-corrected chi connectivity index (χ2v) is 8.34. The molecule has 1 fully saturated rings. The van der Waals surface area contributed by atoms with Crippen molar-refractivity contribution in [3.8, 4) is 0 Å². The van der Waals surface area contributed by atoms with E-state index < -0.39 is 35.4 Å². The van der Waals surface area contributed by atoms with E-state index in [9.17, 15) is 14.4 Å². The molecule has 1 saturated heterocycles. The molecule has 2 heterocycles. The van der Waals surface area contributed by atoms with Gasteiger partial charge in [-0.15, -0.1) is 0 Å². The smallest absolute Gasteiger partial charge is 0.255 e. The van der Waals surface area contributed by atoms with Crippen LogP contribution in [-0.2, 0) is 19.7 Å². The highest BCUT2D eigenvalue weighted by Gasteiger charge is 2.37. The fourth-order valence-corrected chi connectivity index (χ4v) is 3.70. The van der Waals surface area contributed by atoms with Crippen LogP contribution in [0.4, 0.5) is 0 Å². The molecule has 7 nitrogen and oxygen atoms in total. The summed E-state index contributed by atoms with van der Waals surface area (Å²) < 4.78 is 10.5. The Balaban J connectivity index is 1.82. The molecular weight excluding hydrogens is 384 g/mol. The minimum absolute atomic E-state index is 0.0210. The van der Waals surface area contributed by atoms with E-state index in [2.05, 4.69) is 10.6 Å². The van der Waals surface area contributed by atoms with E-state index in [0.717, 1.165) is 5.56 Å². The molecule has 0 aliphatic carbocycles. The lowest BCUT2D eigenvalue weighted by Crippen LogP contribution is -2.54. The van der Waals surface area contributed by atoms with Crippen LogP contribution in [0.5, 0.6) is 0 Å². The van der Waals surface area contributed by atoms with Gasteiger partial charge in [0.25, 0.3) is 5.91 Å². The first-order valence-electron chi connectivity index (χ1n) is 10.0. The average Bonchev–Trinajstić information content (AvgIpc) is 3.28. The predicted octanol–water partition coefficient (Wildman–Crippen LogP) is 2.53. The highest BCUT2D eigenvalue weighted by Crippen LogP contribution is 2.28. The summed E-state index contributed by atoms with van der Waals surface area (Å²) in [6, 6.07) is 9.81. The van der Waals surface area contributed by atoms with E-state index in [1.807, 2.05) is 44.2 Å². The number of Topliss-reactive ketones (excluding diaryl/α,β-unsaturated/α-hetero) is 1. The van der Waals surface area contributed by atoms with Crippen molar-refractivity contribution < 1.29 is 23.5 Å². The summed E-state index contributed by atoms with van der Waals surface area (Å²) in [5, 5.41) is 5.59. The zero-order chi connectivity index (χ0) is 21.9. The Morgan fingerprint density at radius 1 is 1.20 bits per heavy atom. The van der Waals surface area contributed by atoms with E-state index in [4.69, 9.17) is 9.15 Å². The molecule has 30 heavy (non-hydrogen) atoms. The highest BCUT2D eigenvalue weighted by molar-refractivity contribution is 5.99. The number of carbonyl (C=O) groups is 3. The number of rotatable bonds is 7. The van der Waals surface area contributed by atoms with Crippen molar-refractivity contribution in [1.29, 1.82) is 0 Å². The lowest BCUT2D eigenvalue weighted by Gasteiger charge is -2.31. The predicted molar refractivity (Wildman–Crippen MR) is 111 cm³/mol. The van der Waals surface area contributed by atoms with Crippen molar-refractivity contribution in [2.24, 2.45) is 0 Å². The van der Waals surface area contributed by atoms with Gasteiger partial charge in [-0.25, -0.2) is 0 Å². The van der Waals surface area contributed by atoms with Gasteiger partial charge in [-0.1, -0.05) is 44.2 Å². The lowest BCUT2D eigenvalue weighted by atomic mass is 9.78. The molecule has 160 valence electrons. The van der Waals surface area contributed by atoms with E-state index in [-0.39, 0.29) is 12.4 Å². The monoisotopic (exact) mass is 412 g/mol. The zero-order valence-electron chi connectivity index (χ0n) is 17.7.